The van der Waals surface area contributed by atoms with Gasteiger partial charge in [-0.25, -0.2) is 4.68 Å². The Kier molecular flexibility index (Phi) is 4.99. The molecule has 2 rings (SSSR count). The van der Waals surface area contributed by atoms with Crippen molar-refractivity contribution in [3.63, 3.8) is 0 Å². The second kappa shape index (κ2) is 6.52. The predicted octanol–water partition coefficient (Wildman–Crippen LogP) is 1.63. The Morgan fingerprint density at radius 3 is 2.84 bits per heavy atom. The van der Waals surface area contributed by atoms with E-state index in [9.17, 15) is 9.00 Å². The molecule has 0 bridgehead atoms. The van der Waals surface area contributed by atoms with Crippen molar-refractivity contribution in [3.8, 4) is 0 Å². The van der Waals surface area contributed by atoms with Crippen LogP contribution in [0.1, 0.15) is 26.2 Å². The van der Waals surface area contributed by atoms with Crippen molar-refractivity contribution >= 4 is 28.1 Å². The van der Waals surface area contributed by atoms with Gasteiger partial charge < -0.3 is 5.32 Å². The molecule has 0 atom stereocenters. The lowest BCUT2D eigenvalue weighted by Crippen LogP contribution is -2.31. The van der Waals surface area contributed by atoms with Gasteiger partial charge in [0.25, 0.3) is 5.56 Å². The maximum Gasteiger partial charge on any atom is 0.287 e. The molecule has 106 valence electrons. The number of rotatable bonds is 4. The summed E-state index contributed by atoms with van der Waals surface area (Å²) in [7, 11) is -0.689. The van der Waals surface area contributed by atoms with Crippen LogP contribution in [-0.2, 0) is 17.3 Å². The smallest absolute Gasteiger partial charge is 0.287 e. The van der Waals surface area contributed by atoms with Gasteiger partial charge in [0.2, 0.25) is 0 Å². The Morgan fingerprint density at radius 1 is 1.53 bits per heavy atom. The van der Waals surface area contributed by atoms with E-state index < -0.39 is 10.8 Å². The molecule has 1 aliphatic heterocycles. The number of aryl methyl sites for hydroxylation is 1. The van der Waals surface area contributed by atoms with E-state index in [2.05, 4.69) is 10.4 Å². The van der Waals surface area contributed by atoms with Gasteiger partial charge in [-0.15, -0.1) is 0 Å². The van der Waals surface area contributed by atoms with Gasteiger partial charge in [0.05, 0.1) is 11.9 Å². The average Bonchev–Trinajstić information content (AvgIpc) is 2.41. The Balaban J connectivity index is 2.11. The average molecular weight is 304 g/mol. The van der Waals surface area contributed by atoms with Crippen molar-refractivity contribution in [3.05, 3.63) is 21.6 Å². The largest absolute Gasteiger partial charge is 0.380 e. The summed E-state index contributed by atoms with van der Waals surface area (Å²) < 4.78 is 12.7. The first-order valence-corrected chi connectivity index (χ1v) is 8.35. The lowest BCUT2D eigenvalue weighted by atomic mass is 10.1. The molecule has 0 spiro atoms. The molecule has 0 aliphatic carbocycles. The van der Waals surface area contributed by atoms with Crippen LogP contribution in [0, 0.1) is 0 Å². The molecule has 19 heavy (non-hydrogen) atoms. The van der Waals surface area contributed by atoms with Crippen molar-refractivity contribution in [2.45, 2.75) is 38.8 Å². The van der Waals surface area contributed by atoms with E-state index >= 15 is 0 Å². The zero-order valence-electron chi connectivity index (χ0n) is 10.9. The zero-order valence-corrected chi connectivity index (χ0v) is 12.5. The summed E-state index contributed by atoms with van der Waals surface area (Å²) in [5, 5.41) is 7.53. The van der Waals surface area contributed by atoms with E-state index in [0.29, 0.717) is 23.7 Å². The summed E-state index contributed by atoms with van der Waals surface area (Å²) in [6.07, 6.45) is 4.11. The first kappa shape index (κ1) is 14.5. The molecule has 2 heterocycles. The second-order valence-electron chi connectivity index (χ2n) is 4.67. The molecule has 0 unspecified atom stereocenters. The fourth-order valence-electron chi connectivity index (χ4n) is 2.09. The highest BCUT2D eigenvalue weighted by Crippen LogP contribution is 2.20. The minimum atomic E-state index is -0.689. The first-order chi connectivity index (χ1) is 9.11. The molecular weight excluding hydrogens is 286 g/mol. The number of aromatic nitrogens is 2. The molecule has 1 fully saturated rings. The van der Waals surface area contributed by atoms with Crippen LogP contribution in [0.3, 0.4) is 0 Å². The Morgan fingerprint density at radius 2 is 2.21 bits per heavy atom. The van der Waals surface area contributed by atoms with Crippen LogP contribution >= 0.6 is 11.6 Å². The number of nitrogens with one attached hydrogen (secondary N) is 1. The van der Waals surface area contributed by atoms with Crippen molar-refractivity contribution in [2.24, 2.45) is 0 Å². The van der Waals surface area contributed by atoms with Crippen molar-refractivity contribution in [1.82, 2.24) is 9.78 Å². The number of hydrogen-bond donors (Lipinski definition) is 1. The van der Waals surface area contributed by atoms with Crippen LogP contribution in [0.4, 0.5) is 5.69 Å². The number of hydrogen-bond acceptors (Lipinski definition) is 4. The third-order valence-corrected chi connectivity index (χ3v) is 4.92. The minimum absolute atomic E-state index is 0.190. The van der Waals surface area contributed by atoms with E-state index in [4.69, 9.17) is 11.6 Å². The highest BCUT2D eigenvalue weighted by molar-refractivity contribution is 7.85. The third-order valence-electron chi connectivity index (χ3n) is 3.17. The molecule has 0 aromatic carbocycles. The normalized spacial score (nSPS) is 23.3. The standard InChI is InChI=1S/C12H18ClN3O2S/c1-2-5-16-12(17)11(13)10(8-14-16)15-9-3-6-19(18)7-4-9/h8-9,15H,2-7H2,1H3. The highest BCUT2D eigenvalue weighted by atomic mass is 35.5. The molecule has 0 amide bonds. The Labute approximate surface area is 119 Å². The van der Waals surface area contributed by atoms with Gasteiger partial charge in [-0.3, -0.25) is 9.00 Å². The minimum Gasteiger partial charge on any atom is -0.380 e. The van der Waals surface area contributed by atoms with Crippen LogP contribution in [-0.4, -0.2) is 31.5 Å². The molecule has 1 N–H and O–H groups in total. The van der Waals surface area contributed by atoms with Crippen molar-refractivity contribution in [2.75, 3.05) is 16.8 Å². The van der Waals surface area contributed by atoms with Crippen LogP contribution in [0.25, 0.3) is 0 Å². The number of nitrogens with zero attached hydrogens (tertiary/aromatic N) is 2. The molecule has 1 aromatic heterocycles. The first-order valence-electron chi connectivity index (χ1n) is 6.49. The number of anilines is 1. The zero-order chi connectivity index (χ0) is 13.8. The fraction of sp³-hybridized carbons (Fsp3) is 0.667. The van der Waals surface area contributed by atoms with E-state index in [1.54, 1.807) is 6.20 Å². The fourth-order valence-corrected chi connectivity index (χ4v) is 3.59. The molecule has 7 heteroatoms. The highest BCUT2D eigenvalue weighted by Gasteiger charge is 2.19. The van der Waals surface area contributed by atoms with Crippen LogP contribution in [0.5, 0.6) is 0 Å². The summed E-state index contributed by atoms with van der Waals surface area (Å²) in [6.45, 7) is 2.55. The second-order valence-corrected chi connectivity index (χ2v) is 6.74. The van der Waals surface area contributed by atoms with E-state index in [-0.39, 0.29) is 16.6 Å². The summed E-state index contributed by atoms with van der Waals surface area (Å²) in [6, 6.07) is 0.221. The van der Waals surface area contributed by atoms with Crippen LogP contribution < -0.4 is 10.9 Å². The molecule has 1 aromatic rings. The van der Waals surface area contributed by atoms with Gasteiger partial charge in [0.1, 0.15) is 5.02 Å². The molecular formula is C12H18ClN3O2S. The van der Waals surface area contributed by atoms with E-state index in [1.807, 2.05) is 6.92 Å². The van der Waals surface area contributed by atoms with Gasteiger partial charge in [0.15, 0.2) is 0 Å². The quantitative estimate of drug-likeness (QED) is 0.918. The molecule has 1 saturated heterocycles. The van der Waals surface area contributed by atoms with Crippen LogP contribution in [0.15, 0.2) is 11.0 Å². The van der Waals surface area contributed by atoms with Crippen molar-refractivity contribution in [1.29, 1.82) is 0 Å². The van der Waals surface area contributed by atoms with Gasteiger partial charge in [0, 0.05) is 34.9 Å². The van der Waals surface area contributed by atoms with Gasteiger partial charge >= 0.3 is 0 Å². The molecule has 1 aliphatic rings. The lowest BCUT2D eigenvalue weighted by Gasteiger charge is -2.23. The van der Waals surface area contributed by atoms with Crippen molar-refractivity contribution < 1.29 is 4.21 Å². The predicted molar refractivity (Wildman–Crippen MR) is 78.3 cm³/mol. The summed E-state index contributed by atoms with van der Waals surface area (Å²) in [5.74, 6) is 1.41. The Hall–Kier alpha value is -0.880. The van der Waals surface area contributed by atoms with Gasteiger partial charge in [-0.1, -0.05) is 18.5 Å². The molecule has 5 nitrogen and oxygen atoms in total. The maximum atomic E-state index is 12.0. The van der Waals surface area contributed by atoms with E-state index in [0.717, 1.165) is 19.3 Å². The summed E-state index contributed by atoms with van der Waals surface area (Å²) in [5.41, 5.74) is 0.324. The SMILES string of the molecule is CCCn1ncc(NC2CCS(=O)CC2)c(Cl)c1=O. The van der Waals surface area contributed by atoms with Crippen LogP contribution in [0.2, 0.25) is 5.02 Å². The summed E-state index contributed by atoms with van der Waals surface area (Å²) >= 11 is 6.09. The topological polar surface area (TPSA) is 64.0 Å². The van der Waals surface area contributed by atoms with Gasteiger partial charge in [-0.2, -0.15) is 5.10 Å². The maximum absolute atomic E-state index is 12.0. The third kappa shape index (κ3) is 3.57. The lowest BCUT2D eigenvalue weighted by molar-refractivity contribution is 0.567. The Bertz CT molecular complexity index is 522. The molecule has 0 radical (unpaired) electrons. The van der Waals surface area contributed by atoms with E-state index in [1.165, 1.54) is 4.68 Å². The van der Waals surface area contributed by atoms with Gasteiger partial charge in [-0.05, 0) is 19.3 Å². The summed E-state index contributed by atoms with van der Waals surface area (Å²) in [4.78, 5) is 12.0. The molecule has 0 saturated carbocycles. The monoisotopic (exact) mass is 303 g/mol. The number of halogens is 1.